The topological polar surface area (TPSA) is 75.2 Å². The number of hydrogen-bond donors (Lipinski definition) is 2. The Kier molecular flexibility index (Phi) is 8.42. The van der Waals surface area contributed by atoms with Gasteiger partial charge in [-0.15, -0.1) is 0 Å². The lowest BCUT2D eigenvalue weighted by Crippen LogP contribution is -2.40. The van der Waals surface area contributed by atoms with Crippen LogP contribution in [-0.4, -0.2) is 57.7 Å². The molecule has 0 bridgehead atoms. The van der Waals surface area contributed by atoms with Crippen molar-refractivity contribution in [3.05, 3.63) is 23.3 Å². The summed E-state index contributed by atoms with van der Waals surface area (Å²) in [4.78, 5) is 18.7. The van der Waals surface area contributed by atoms with Gasteiger partial charge < -0.3 is 25.0 Å². The van der Waals surface area contributed by atoms with Gasteiger partial charge in [-0.2, -0.15) is 0 Å². The van der Waals surface area contributed by atoms with Gasteiger partial charge >= 0.3 is 0 Å². The molecule has 7 heteroatoms. The molecule has 1 aliphatic rings. The number of rotatable bonds is 8. The van der Waals surface area contributed by atoms with E-state index in [4.69, 9.17) is 9.47 Å². The van der Waals surface area contributed by atoms with E-state index in [1.165, 1.54) is 5.56 Å². The maximum atomic E-state index is 12.6. The second-order valence-electron chi connectivity index (χ2n) is 7.42. The first-order valence-electron chi connectivity index (χ1n) is 9.94. The van der Waals surface area contributed by atoms with Crippen molar-refractivity contribution >= 4 is 11.9 Å². The van der Waals surface area contributed by atoms with Gasteiger partial charge in [0.2, 0.25) is 5.91 Å². The van der Waals surface area contributed by atoms with Crippen molar-refractivity contribution in [1.82, 2.24) is 15.5 Å². The summed E-state index contributed by atoms with van der Waals surface area (Å²) in [7, 11) is 5.03. The summed E-state index contributed by atoms with van der Waals surface area (Å²) in [6, 6.07) is 4.01. The Morgan fingerprint density at radius 3 is 2.46 bits per heavy atom. The number of carbonyl (C=O) groups excluding carboxylic acids is 1. The molecule has 156 valence electrons. The normalized spacial score (nSPS) is 13.9. The summed E-state index contributed by atoms with van der Waals surface area (Å²) in [5, 5.41) is 6.54. The molecule has 0 unspecified atom stereocenters. The van der Waals surface area contributed by atoms with Crippen LogP contribution in [0.5, 0.6) is 11.5 Å². The second kappa shape index (κ2) is 10.8. The Balaban J connectivity index is 1.81. The molecule has 2 N–H and O–H groups in total. The molecule has 0 atom stereocenters. The number of aliphatic imine (C=N–C) groups is 1. The maximum absolute atomic E-state index is 12.6. The van der Waals surface area contributed by atoms with Crippen molar-refractivity contribution in [2.75, 3.05) is 40.9 Å². The van der Waals surface area contributed by atoms with Crippen LogP contribution < -0.4 is 20.1 Å². The SMILES string of the molecule is CN=C(NCCCC(=O)N1CCc2cc(OC)c(OC)cc2C1)NCC(C)C. The van der Waals surface area contributed by atoms with Crippen molar-refractivity contribution in [3.8, 4) is 11.5 Å². The van der Waals surface area contributed by atoms with Gasteiger partial charge in [-0.3, -0.25) is 9.79 Å². The summed E-state index contributed by atoms with van der Waals surface area (Å²) < 4.78 is 10.8. The summed E-state index contributed by atoms with van der Waals surface area (Å²) in [5.74, 6) is 2.98. The second-order valence-corrected chi connectivity index (χ2v) is 7.42. The third kappa shape index (κ3) is 6.04. The molecule has 1 aromatic rings. The molecule has 28 heavy (non-hydrogen) atoms. The minimum absolute atomic E-state index is 0.187. The average Bonchev–Trinajstić information content (AvgIpc) is 2.71. The van der Waals surface area contributed by atoms with Crippen molar-refractivity contribution in [3.63, 3.8) is 0 Å². The monoisotopic (exact) mass is 390 g/mol. The van der Waals surface area contributed by atoms with Crippen LogP contribution >= 0.6 is 0 Å². The first-order valence-corrected chi connectivity index (χ1v) is 9.94. The molecule has 0 saturated heterocycles. The van der Waals surface area contributed by atoms with E-state index in [1.54, 1.807) is 21.3 Å². The fourth-order valence-electron chi connectivity index (χ4n) is 3.22. The number of fused-ring (bicyclic) bond motifs is 1. The smallest absolute Gasteiger partial charge is 0.222 e. The van der Waals surface area contributed by atoms with Crippen LogP contribution in [-0.2, 0) is 17.8 Å². The molecule has 1 aliphatic heterocycles. The van der Waals surface area contributed by atoms with Crippen LogP contribution in [0.3, 0.4) is 0 Å². The third-order valence-corrected chi connectivity index (χ3v) is 4.83. The Hall–Kier alpha value is -2.44. The van der Waals surface area contributed by atoms with E-state index in [1.807, 2.05) is 17.0 Å². The van der Waals surface area contributed by atoms with Gasteiger partial charge in [0.05, 0.1) is 14.2 Å². The predicted octanol–water partition coefficient (Wildman–Crippen LogP) is 2.19. The van der Waals surface area contributed by atoms with Crippen molar-refractivity contribution in [1.29, 1.82) is 0 Å². The zero-order valence-electron chi connectivity index (χ0n) is 17.8. The largest absolute Gasteiger partial charge is 0.493 e. The van der Waals surface area contributed by atoms with Crippen LogP contribution in [0.4, 0.5) is 0 Å². The lowest BCUT2D eigenvalue weighted by Gasteiger charge is -2.29. The van der Waals surface area contributed by atoms with E-state index in [-0.39, 0.29) is 5.91 Å². The van der Waals surface area contributed by atoms with Gasteiger partial charge in [0.15, 0.2) is 17.5 Å². The fourth-order valence-corrected chi connectivity index (χ4v) is 3.22. The zero-order valence-corrected chi connectivity index (χ0v) is 17.8. The number of ether oxygens (including phenoxy) is 2. The van der Waals surface area contributed by atoms with E-state index in [2.05, 4.69) is 29.5 Å². The van der Waals surface area contributed by atoms with Crippen LogP contribution in [0.15, 0.2) is 17.1 Å². The molecule has 1 aromatic carbocycles. The highest BCUT2D eigenvalue weighted by atomic mass is 16.5. The standard InChI is InChI=1S/C21H34N4O3/c1-15(2)13-24-21(22-3)23-9-6-7-20(26)25-10-8-16-11-18(27-4)19(28-5)12-17(16)14-25/h11-12,15H,6-10,13-14H2,1-5H3,(H2,22,23,24). The molecule has 0 aromatic heterocycles. The molecular formula is C21H34N4O3. The maximum Gasteiger partial charge on any atom is 0.222 e. The minimum Gasteiger partial charge on any atom is -0.493 e. The fraction of sp³-hybridized carbons (Fsp3) is 0.619. The number of amides is 1. The first-order chi connectivity index (χ1) is 13.5. The average molecular weight is 391 g/mol. The van der Waals surface area contributed by atoms with Gasteiger partial charge in [-0.05, 0) is 42.0 Å². The molecule has 0 saturated carbocycles. The van der Waals surface area contributed by atoms with Gasteiger partial charge in [0.1, 0.15) is 0 Å². The number of methoxy groups -OCH3 is 2. The number of carbonyl (C=O) groups is 1. The third-order valence-electron chi connectivity index (χ3n) is 4.83. The Morgan fingerprint density at radius 1 is 1.18 bits per heavy atom. The van der Waals surface area contributed by atoms with Gasteiger partial charge in [-0.1, -0.05) is 13.8 Å². The van der Waals surface area contributed by atoms with Gasteiger partial charge in [-0.25, -0.2) is 0 Å². The van der Waals surface area contributed by atoms with E-state index < -0.39 is 0 Å². The molecule has 0 fully saturated rings. The molecule has 0 aliphatic carbocycles. The van der Waals surface area contributed by atoms with E-state index in [0.717, 1.165) is 49.7 Å². The zero-order chi connectivity index (χ0) is 20.5. The molecule has 2 rings (SSSR count). The molecule has 1 heterocycles. The van der Waals surface area contributed by atoms with Gasteiger partial charge in [0.25, 0.3) is 0 Å². The molecule has 0 spiro atoms. The predicted molar refractivity (Wildman–Crippen MR) is 112 cm³/mol. The van der Waals surface area contributed by atoms with E-state index in [0.29, 0.717) is 24.6 Å². The van der Waals surface area contributed by atoms with E-state index >= 15 is 0 Å². The molecule has 1 amide bonds. The summed E-state index contributed by atoms with van der Waals surface area (Å²) in [6.45, 7) is 7.27. The van der Waals surface area contributed by atoms with Gasteiger partial charge in [0, 0.05) is 39.6 Å². The Labute approximate surface area is 168 Å². The Bertz CT molecular complexity index is 688. The highest BCUT2D eigenvalue weighted by molar-refractivity contribution is 5.80. The minimum atomic E-state index is 0.187. The number of benzene rings is 1. The van der Waals surface area contributed by atoms with E-state index in [9.17, 15) is 4.79 Å². The lowest BCUT2D eigenvalue weighted by atomic mass is 9.98. The number of guanidine groups is 1. The molecule has 0 radical (unpaired) electrons. The summed E-state index contributed by atoms with van der Waals surface area (Å²) in [5.41, 5.74) is 2.36. The molecular weight excluding hydrogens is 356 g/mol. The summed E-state index contributed by atoms with van der Waals surface area (Å²) >= 11 is 0. The number of hydrogen-bond acceptors (Lipinski definition) is 4. The quantitative estimate of drug-likeness (QED) is 0.404. The van der Waals surface area contributed by atoms with Crippen LogP contribution in [0, 0.1) is 5.92 Å². The lowest BCUT2D eigenvalue weighted by molar-refractivity contribution is -0.132. The van der Waals surface area contributed by atoms with Crippen LogP contribution in [0.1, 0.15) is 37.8 Å². The molecule has 7 nitrogen and oxygen atoms in total. The highest BCUT2D eigenvalue weighted by Gasteiger charge is 2.22. The van der Waals surface area contributed by atoms with Crippen LogP contribution in [0.25, 0.3) is 0 Å². The number of nitrogens with zero attached hydrogens (tertiary/aromatic N) is 2. The van der Waals surface area contributed by atoms with Crippen molar-refractivity contribution in [2.45, 2.75) is 39.7 Å². The van der Waals surface area contributed by atoms with Crippen LogP contribution in [0.2, 0.25) is 0 Å². The van der Waals surface area contributed by atoms with Crippen molar-refractivity contribution in [2.24, 2.45) is 10.9 Å². The highest BCUT2D eigenvalue weighted by Crippen LogP contribution is 2.33. The first kappa shape index (κ1) is 21.9. The summed E-state index contributed by atoms with van der Waals surface area (Å²) in [6.07, 6.45) is 2.14. The van der Waals surface area contributed by atoms with Crippen molar-refractivity contribution < 1.29 is 14.3 Å². The number of nitrogens with one attached hydrogen (secondary N) is 2. The Morgan fingerprint density at radius 2 is 1.86 bits per heavy atom.